The third-order valence-electron chi connectivity index (χ3n) is 6.32. The van der Waals surface area contributed by atoms with Crippen molar-refractivity contribution < 1.29 is 0 Å². The molecule has 2 heterocycles. The lowest BCUT2D eigenvalue weighted by molar-refractivity contribution is 0.585. The summed E-state index contributed by atoms with van der Waals surface area (Å²) in [6.07, 6.45) is 3.68. The minimum absolute atomic E-state index is 0.0511. The van der Waals surface area contributed by atoms with Gasteiger partial charge >= 0.3 is 0 Å². The molecule has 1 aliphatic heterocycles. The van der Waals surface area contributed by atoms with Crippen molar-refractivity contribution in [1.82, 2.24) is 4.57 Å². The molecule has 0 bridgehead atoms. The van der Waals surface area contributed by atoms with Crippen LogP contribution in [0.1, 0.15) is 34.7 Å². The van der Waals surface area contributed by atoms with E-state index in [1.807, 2.05) is 53.1 Å². The number of benzene rings is 3. The highest BCUT2D eigenvalue weighted by Crippen LogP contribution is 2.43. The van der Waals surface area contributed by atoms with Crippen LogP contribution in [0.4, 0.5) is 0 Å². The Morgan fingerprint density at radius 1 is 1.03 bits per heavy atom. The normalized spacial score (nSPS) is 17.1. The minimum Gasteiger partial charge on any atom is -0.272 e. The average Bonchev–Trinajstić information content (AvgIpc) is 3.14. The first-order valence-corrected chi connectivity index (χ1v) is 13.5. The number of halogens is 3. The predicted molar refractivity (Wildman–Crippen MR) is 148 cm³/mol. The lowest BCUT2D eigenvalue weighted by Gasteiger charge is -2.31. The number of aryl methyl sites for hydroxylation is 1. The monoisotopic (exact) mass is 614 g/mol. The minimum atomic E-state index is -0.318. The van der Waals surface area contributed by atoms with Gasteiger partial charge in [0.2, 0.25) is 0 Å². The van der Waals surface area contributed by atoms with Gasteiger partial charge in [0, 0.05) is 19.2 Å². The molecule has 3 nitrogen and oxygen atoms in total. The van der Waals surface area contributed by atoms with Crippen LogP contribution in [-0.4, -0.2) is 4.57 Å². The highest BCUT2D eigenvalue weighted by molar-refractivity contribution is 14.1. The molecule has 1 aromatic heterocycles. The number of rotatable bonds is 2. The zero-order valence-corrected chi connectivity index (χ0v) is 22.3. The fraction of sp³-hybridized carbons (Fsp3) is 0.111. The van der Waals surface area contributed by atoms with Crippen LogP contribution in [0.15, 0.2) is 82.1 Å². The van der Waals surface area contributed by atoms with Gasteiger partial charge in [0.25, 0.3) is 5.56 Å². The van der Waals surface area contributed by atoms with Crippen molar-refractivity contribution in [1.29, 1.82) is 0 Å². The molecular formula is C27H17Cl2IN2OS. The Balaban J connectivity index is 1.66. The van der Waals surface area contributed by atoms with Crippen molar-refractivity contribution in [2.24, 2.45) is 4.99 Å². The average molecular weight is 615 g/mol. The number of fused-ring (bicyclic) bond motifs is 3. The Kier molecular flexibility index (Phi) is 5.76. The molecule has 0 spiro atoms. The first kappa shape index (κ1) is 22.3. The molecule has 34 heavy (non-hydrogen) atoms. The summed E-state index contributed by atoms with van der Waals surface area (Å²) in [5, 5.41) is 1.13. The summed E-state index contributed by atoms with van der Waals surface area (Å²) in [6, 6.07) is 21.6. The molecule has 2 aliphatic rings. The van der Waals surface area contributed by atoms with Crippen LogP contribution in [0.25, 0.3) is 11.8 Å². The van der Waals surface area contributed by atoms with Crippen molar-refractivity contribution in [3.63, 3.8) is 0 Å². The summed E-state index contributed by atoms with van der Waals surface area (Å²) in [5.41, 5.74) is 6.33. The van der Waals surface area contributed by atoms with E-state index in [4.69, 9.17) is 28.2 Å². The van der Waals surface area contributed by atoms with Crippen LogP contribution in [-0.2, 0) is 6.42 Å². The SMILES string of the molecule is O=c1c(=Cc2ccccc2I)sc2n1[C@@H](c1ccc(Cl)cc1Cl)C1=C(N=2)c2ccccc2CC1. The lowest BCUT2D eigenvalue weighted by Crippen LogP contribution is -2.38. The fourth-order valence-electron chi connectivity index (χ4n) is 4.76. The van der Waals surface area contributed by atoms with Crippen LogP contribution in [0.2, 0.25) is 10.0 Å². The zero-order valence-electron chi connectivity index (χ0n) is 17.8. The van der Waals surface area contributed by atoms with E-state index in [9.17, 15) is 4.79 Å². The summed E-state index contributed by atoms with van der Waals surface area (Å²) in [5.74, 6) is 0. The number of hydrogen-bond acceptors (Lipinski definition) is 3. The van der Waals surface area contributed by atoms with Crippen molar-refractivity contribution in [3.8, 4) is 0 Å². The van der Waals surface area contributed by atoms with Crippen molar-refractivity contribution in [2.45, 2.75) is 18.9 Å². The molecule has 6 rings (SSSR count). The van der Waals surface area contributed by atoms with E-state index >= 15 is 0 Å². The second kappa shape index (κ2) is 8.79. The third-order valence-corrected chi connectivity index (χ3v) is 8.85. The number of allylic oxidation sites excluding steroid dienone is 1. The first-order valence-electron chi connectivity index (χ1n) is 10.8. The Morgan fingerprint density at radius 2 is 1.82 bits per heavy atom. The van der Waals surface area contributed by atoms with Gasteiger partial charge in [-0.15, -0.1) is 0 Å². The Hall–Kier alpha value is -2.19. The zero-order chi connectivity index (χ0) is 23.4. The molecule has 0 N–H and O–H groups in total. The van der Waals surface area contributed by atoms with Gasteiger partial charge in [-0.25, -0.2) is 4.99 Å². The molecule has 0 radical (unpaired) electrons. The molecule has 0 saturated carbocycles. The van der Waals surface area contributed by atoms with Gasteiger partial charge in [-0.2, -0.15) is 0 Å². The second-order valence-corrected chi connectivity index (χ2v) is 11.3. The molecule has 3 aromatic carbocycles. The maximum atomic E-state index is 13.8. The summed E-state index contributed by atoms with van der Waals surface area (Å²) in [6.45, 7) is 0. The maximum absolute atomic E-state index is 13.8. The molecule has 1 aliphatic carbocycles. The molecule has 0 saturated heterocycles. The second-order valence-electron chi connectivity index (χ2n) is 8.30. The Morgan fingerprint density at radius 3 is 2.65 bits per heavy atom. The Labute approximate surface area is 223 Å². The number of nitrogens with zero attached hydrogens (tertiary/aromatic N) is 2. The van der Waals surface area contributed by atoms with Gasteiger partial charge < -0.3 is 0 Å². The van der Waals surface area contributed by atoms with Gasteiger partial charge in [0.15, 0.2) is 4.80 Å². The van der Waals surface area contributed by atoms with E-state index in [1.54, 1.807) is 6.07 Å². The topological polar surface area (TPSA) is 34.4 Å². The van der Waals surface area contributed by atoms with Crippen molar-refractivity contribution in [3.05, 3.63) is 128 Å². The number of aromatic nitrogens is 1. The summed E-state index contributed by atoms with van der Waals surface area (Å²) >= 11 is 16.6. The van der Waals surface area contributed by atoms with Gasteiger partial charge in [0.1, 0.15) is 0 Å². The molecule has 0 amide bonds. The molecule has 0 unspecified atom stereocenters. The molecule has 1 atom stereocenters. The fourth-order valence-corrected chi connectivity index (χ4v) is 6.80. The Bertz CT molecular complexity index is 1690. The highest BCUT2D eigenvalue weighted by Gasteiger charge is 2.33. The molecule has 4 aromatic rings. The smallest absolute Gasteiger partial charge is 0.271 e. The molecule has 7 heteroatoms. The van der Waals surface area contributed by atoms with Crippen molar-refractivity contribution >= 4 is 68.9 Å². The maximum Gasteiger partial charge on any atom is 0.271 e. The van der Waals surface area contributed by atoms with Crippen LogP contribution >= 0.6 is 57.1 Å². The standard InChI is InChI=1S/C27H17Cl2IN2OS/c28-17-10-12-19(21(29)14-17)25-20-11-9-15-5-1-3-7-18(15)24(20)31-27-32(25)26(33)23(34-27)13-16-6-2-4-8-22(16)30/h1-8,10,12-14,25H,9,11H2/t25-/m0/s1. The van der Waals surface area contributed by atoms with E-state index in [2.05, 4.69) is 40.8 Å². The van der Waals surface area contributed by atoms with Gasteiger partial charge in [0.05, 0.1) is 16.3 Å². The highest BCUT2D eigenvalue weighted by atomic mass is 127. The van der Waals surface area contributed by atoms with Gasteiger partial charge in [-0.3, -0.25) is 9.36 Å². The van der Waals surface area contributed by atoms with E-state index in [0.717, 1.165) is 44.4 Å². The van der Waals surface area contributed by atoms with Crippen LogP contribution in [0.5, 0.6) is 0 Å². The largest absolute Gasteiger partial charge is 0.272 e. The quantitative estimate of drug-likeness (QED) is 0.247. The first-order chi connectivity index (χ1) is 16.5. The summed E-state index contributed by atoms with van der Waals surface area (Å²) in [7, 11) is 0. The lowest BCUT2D eigenvalue weighted by atomic mass is 9.83. The predicted octanol–water partition coefficient (Wildman–Crippen LogP) is 6.23. The summed E-state index contributed by atoms with van der Waals surface area (Å²) < 4.78 is 3.57. The van der Waals surface area contributed by atoms with E-state index in [-0.39, 0.29) is 11.6 Å². The number of hydrogen-bond donors (Lipinski definition) is 0. The van der Waals surface area contributed by atoms with Crippen molar-refractivity contribution in [2.75, 3.05) is 0 Å². The van der Waals surface area contributed by atoms with E-state index in [0.29, 0.717) is 19.4 Å². The van der Waals surface area contributed by atoms with Crippen LogP contribution < -0.4 is 14.9 Å². The van der Waals surface area contributed by atoms with Crippen LogP contribution in [0.3, 0.4) is 0 Å². The van der Waals surface area contributed by atoms with Crippen LogP contribution in [0, 0.1) is 3.57 Å². The molecule has 168 valence electrons. The third kappa shape index (κ3) is 3.70. The summed E-state index contributed by atoms with van der Waals surface area (Å²) in [4.78, 5) is 19.5. The molecular weight excluding hydrogens is 598 g/mol. The van der Waals surface area contributed by atoms with Gasteiger partial charge in [-0.05, 0) is 82.0 Å². The van der Waals surface area contributed by atoms with Gasteiger partial charge in [-0.1, -0.05) is 83.1 Å². The number of thiazole rings is 1. The molecule has 0 fully saturated rings. The van der Waals surface area contributed by atoms with E-state index < -0.39 is 0 Å². The van der Waals surface area contributed by atoms with E-state index in [1.165, 1.54) is 16.9 Å².